The van der Waals surface area contributed by atoms with Crippen LogP contribution in [0.1, 0.15) is 40.0 Å². The van der Waals surface area contributed by atoms with E-state index in [2.05, 4.69) is 31.1 Å². The van der Waals surface area contributed by atoms with Gasteiger partial charge in [0.2, 0.25) is 0 Å². The van der Waals surface area contributed by atoms with Gasteiger partial charge in [0.1, 0.15) is 5.82 Å². The molecule has 15 heavy (non-hydrogen) atoms. The summed E-state index contributed by atoms with van der Waals surface area (Å²) in [7, 11) is 0. The second-order valence-electron chi connectivity index (χ2n) is 3.90. The Morgan fingerprint density at radius 1 is 1.27 bits per heavy atom. The molecule has 0 aliphatic carbocycles. The van der Waals surface area contributed by atoms with Crippen molar-refractivity contribution < 1.29 is 0 Å². The van der Waals surface area contributed by atoms with Crippen molar-refractivity contribution in [2.24, 2.45) is 0 Å². The second-order valence-corrected chi connectivity index (χ2v) is 3.90. The third kappa shape index (κ3) is 2.61. The molecule has 3 heteroatoms. The van der Waals surface area contributed by atoms with Crippen LogP contribution < -0.4 is 11.1 Å². The molecule has 0 aliphatic heterocycles. The zero-order chi connectivity index (χ0) is 11.3. The number of aromatic nitrogens is 1. The molecule has 0 amide bonds. The van der Waals surface area contributed by atoms with E-state index >= 15 is 0 Å². The summed E-state index contributed by atoms with van der Waals surface area (Å²) in [5, 5.41) is 3.52. The second kappa shape index (κ2) is 5.01. The standard InChI is InChI=1S/C12H21N3/c1-4-12(5-2,6-3)15-10-8-7-9-14-11(10)13/h7-9,15H,4-6H2,1-3H3,(H2,13,14). The topological polar surface area (TPSA) is 50.9 Å². The van der Waals surface area contributed by atoms with Gasteiger partial charge in [0.15, 0.2) is 0 Å². The monoisotopic (exact) mass is 207 g/mol. The van der Waals surface area contributed by atoms with Gasteiger partial charge in [-0.3, -0.25) is 0 Å². The molecule has 0 saturated carbocycles. The number of rotatable bonds is 5. The summed E-state index contributed by atoms with van der Waals surface area (Å²) in [6.45, 7) is 6.60. The maximum atomic E-state index is 5.82. The zero-order valence-corrected chi connectivity index (χ0v) is 9.88. The first-order chi connectivity index (χ1) is 7.17. The van der Waals surface area contributed by atoms with E-state index < -0.39 is 0 Å². The largest absolute Gasteiger partial charge is 0.382 e. The molecular weight excluding hydrogens is 186 g/mol. The van der Waals surface area contributed by atoms with E-state index in [1.165, 1.54) is 0 Å². The first kappa shape index (κ1) is 11.8. The first-order valence-corrected chi connectivity index (χ1v) is 5.66. The minimum Gasteiger partial charge on any atom is -0.382 e. The molecule has 1 aromatic heterocycles. The van der Waals surface area contributed by atoms with Gasteiger partial charge in [0, 0.05) is 11.7 Å². The number of hydrogen-bond acceptors (Lipinski definition) is 3. The van der Waals surface area contributed by atoms with E-state index in [1.807, 2.05) is 12.1 Å². The average molecular weight is 207 g/mol. The van der Waals surface area contributed by atoms with Crippen LogP contribution in [0.25, 0.3) is 0 Å². The first-order valence-electron chi connectivity index (χ1n) is 5.66. The van der Waals surface area contributed by atoms with Gasteiger partial charge in [0.25, 0.3) is 0 Å². The highest BCUT2D eigenvalue weighted by Gasteiger charge is 2.23. The van der Waals surface area contributed by atoms with E-state index in [1.54, 1.807) is 6.20 Å². The van der Waals surface area contributed by atoms with Gasteiger partial charge >= 0.3 is 0 Å². The SMILES string of the molecule is CCC(CC)(CC)Nc1cccnc1N. The summed E-state index contributed by atoms with van der Waals surface area (Å²) in [6.07, 6.45) is 4.99. The van der Waals surface area contributed by atoms with E-state index in [4.69, 9.17) is 5.73 Å². The van der Waals surface area contributed by atoms with Crippen LogP contribution in [0.3, 0.4) is 0 Å². The molecule has 84 valence electrons. The van der Waals surface area contributed by atoms with Crippen LogP contribution in [-0.4, -0.2) is 10.5 Å². The van der Waals surface area contributed by atoms with Crippen LogP contribution in [0.5, 0.6) is 0 Å². The number of nitrogens with one attached hydrogen (secondary N) is 1. The van der Waals surface area contributed by atoms with Crippen molar-refractivity contribution in [1.82, 2.24) is 4.98 Å². The maximum Gasteiger partial charge on any atom is 0.146 e. The molecule has 0 atom stereocenters. The van der Waals surface area contributed by atoms with Gasteiger partial charge in [-0.05, 0) is 31.4 Å². The number of nitrogens with zero attached hydrogens (tertiary/aromatic N) is 1. The lowest BCUT2D eigenvalue weighted by Crippen LogP contribution is -2.36. The van der Waals surface area contributed by atoms with E-state index in [0.717, 1.165) is 24.9 Å². The molecule has 1 aromatic rings. The van der Waals surface area contributed by atoms with E-state index in [9.17, 15) is 0 Å². The number of hydrogen-bond donors (Lipinski definition) is 2. The Hall–Kier alpha value is -1.25. The van der Waals surface area contributed by atoms with Crippen molar-refractivity contribution in [3.05, 3.63) is 18.3 Å². The average Bonchev–Trinajstić information content (AvgIpc) is 2.29. The normalized spacial score (nSPS) is 11.4. The fourth-order valence-electron chi connectivity index (χ4n) is 1.82. The van der Waals surface area contributed by atoms with Crippen molar-refractivity contribution in [2.75, 3.05) is 11.1 Å². The lowest BCUT2D eigenvalue weighted by atomic mass is 9.89. The number of nitrogen functional groups attached to an aromatic ring is 1. The van der Waals surface area contributed by atoms with Gasteiger partial charge in [0.05, 0.1) is 5.69 Å². The third-order valence-electron chi connectivity index (χ3n) is 3.27. The summed E-state index contributed by atoms with van der Waals surface area (Å²) in [5.41, 5.74) is 6.92. The summed E-state index contributed by atoms with van der Waals surface area (Å²) in [4.78, 5) is 4.08. The van der Waals surface area contributed by atoms with Gasteiger partial charge in [-0.25, -0.2) is 4.98 Å². The van der Waals surface area contributed by atoms with Crippen molar-refractivity contribution in [3.63, 3.8) is 0 Å². The van der Waals surface area contributed by atoms with E-state index in [-0.39, 0.29) is 5.54 Å². The molecule has 0 spiro atoms. The smallest absolute Gasteiger partial charge is 0.146 e. The highest BCUT2D eigenvalue weighted by atomic mass is 15.0. The fraction of sp³-hybridized carbons (Fsp3) is 0.583. The lowest BCUT2D eigenvalue weighted by Gasteiger charge is -2.33. The molecule has 1 heterocycles. The molecule has 3 N–H and O–H groups in total. The Morgan fingerprint density at radius 2 is 1.87 bits per heavy atom. The summed E-state index contributed by atoms with van der Waals surface area (Å²) in [5.74, 6) is 0.581. The Labute approximate surface area is 92.1 Å². The van der Waals surface area contributed by atoms with Gasteiger partial charge in [-0.15, -0.1) is 0 Å². The Bertz CT molecular complexity index is 297. The number of pyridine rings is 1. The molecule has 0 aromatic carbocycles. The third-order valence-corrected chi connectivity index (χ3v) is 3.27. The van der Waals surface area contributed by atoms with Crippen LogP contribution in [0, 0.1) is 0 Å². The van der Waals surface area contributed by atoms with Crippen molar-refractivity contribution >= 4 is 11.5 Å². The molecule has 0 bridgehead atoms. The predicted molar refractivity (Wildman–Crippen MR) is 65.9 cm³/mol. The van der Waals surface area contributed by atoms with Crippen LogP contribution in [0.15, 0.2) is 18.3 Å². The van der Waals surface area contributed by atoms with Crippen LogP contribution in [0.2, 0.25) is 0 Å². The Kier molecular flexibility index (Phi) is 3.95. The molecule has 0 radical (unpaired) electrons. The van der Waals surface area contributed by atoms with Crippen LogP contribution in [0.4, 0.5) is 11.5 Å². The quantitative estimate of drug-likeness (QED) is 0.780. The van der Waals surface area contributed by atoms with E-state index in [0.29, 0.717) is 5.82 Å². The highest BCUT2D eigenvalue weighted by molar-refractivity contribution is 5.62. The molecule has 0 fully saturated rings. The molecule has 0 unspecified atom stereocenters. The van der Waals surface area contributed by atoms with Gasteiger partial charge in [-0.1, -0.05) is 20.8 Å². The lowest BCUT2D eigenvalue weighted by molar-refractivity contribution is 0.420. The fourth-order valence-corrected chi connectivity index (χ4v) is 1.82. The molecule has 0 aliphatic rings. The molecule has 1 rings (SSSR count). The van der Waals surface area contributed by atoms with Crippen molar-refractivity contribution in [2.45, 2.75) is 45.6 Å². The molecular formula is C12H21N3. The van der Waals surface area contributed by atoms with Crippen LogP contribution >= 0.6 is 0 Å². The molecule has 0 saturated heterocycles. The minimum absolute atomic E-state index is 0.150. The Balaban J connectivity index is 2.88. The predicted octanol–water partition coefficient (Wildman–Crippen LogP) is 3.04. The highest BCUT2D eigenvalue weighted by Crippen LogP contribution is 2.27. The number of nitrogens with two attached hydrogens (primary N) is 1. The number of anilines is 2. The van der Waals surface area contributed by atoms with Crippen molar-refractivity contribution in [3.8, 4) is 0 Å². The molecule has 3 nitrogen and oxygen atoms in total. The van der Waals surface area contributed by atoms with Crippen molar-refractivity contribution in [1.29, 1.82) is 0 Å². The summed E-state index contributed by atoms with van der Waals surface area (Å²) in [6, 6.07) is 3.89. The minimum atomic E-state index is 0.150. The van der Waals surface area contributed by atoms with Crippen LogP contribution in [-0.2, 0) is 0 Å². The van der Waals surface area contributed by atoms with Gasteiger partial charge in [-0.2, -0.15) is 0 Å². The maximum absolute atomic E-state index is 5.82. The zero-order valence-electron chi connectivity index (χ0n) is 9.88. The van der Waals surface area contributed by atoms with Gasteiger partial charge < -0.3 is 11.1 Å². The Morgan fingerprint density at radius 3 is 2.33 bits per heavy atom. The summed E-state index contributed by atoms with van der Waals surface area (Å²) >= 11 is 0. The summed E-state index contributed by atoms with van der Waals surface area (Å²) < 4.78 is 0.